The minimum absolute atomic E-state index is 0.0147. The number of sulfonamides is 1. The van der Waals surface area contributed by atoms with E-state index >= 15 is 0 Å². The number of carboxylic acids is 1. The van der Waals surface area contributed by atoms with Crippen molar-refractivity contribution in [3.05, 3.63) is 40.6 Å². The number of aromatic nitrogens is 1. The van der Waals surface area contributed by atoms with Crippen molar-refractivity contribution in [1.82, 2.24) is 4.37 Å². The predicted molar refractivity (Wildman–Crippen MR) is 80.5 cm³/mol. The molecule has 0 spiro atoms. The van der Waals surface area contributed by atoms with Gasteiger partial charge in [-0.3, -0.25) is 4.72 Å². The third kappa shape index (κ3) is 3.06. The Hall–Kier alpha value is -1.93. The van der Waals surface area contributed by atoms with Crippen molar-refractivity contribution in [1.29, 1.82) is 0 Å². The Morgan fingerprint density at radius 1 is 1.29 bits per heavy atom. The minimum atomic E-state index is -3.85. The first-order chi connectivity index (χ1) is 9.72. The van der Waals surface area contributed by atoms with Crippen molar-refractivity contribution in [2.24, 2.45) is 0 Å². The fourth-order valence-corrected chi connectivity index (χ4v) is 4.28. The van der Waals surface area contributed by atoms with E-state index in [1.54, 1.807) is 26.0 Å². The van der Waals surface area contributed by atoms with Crippen molar-refractivity contribution in [2.45, 2.75) is 25.7 Å². The highest BCUT2D eigenvalue weighted by Crippen LogP contribution is 2.28. The van der Waals surface area contributed by atoms with Gasteiger partial charge in [-0.2, -0.15) is 4.37 Å². The van der Waals surface area contributed by atoms with Crippen LogP contribution in [0.3, 0.4) is 0 Å². The van der Waals surface area contributed by atoms with E-state index in [0.29, 0.717) is 5.56 Å². The number of aromatic carboxylic acids is 1. The Morgan fingerprint density at radius 3 is 2.57 bits per heavy atom. The van der Waals surface area contributed by atoms with Crippen molar-refractivity contribution >= 4 is 32.5 Å². The molecule has 6 nitrogen and oxygen atoms in total. The fraction of sp³-hybridized carbons (Fsp3) is 0.231. The number of aryl methyl sites for hydroxylation is 3. The van der Waals surface area contributed by atoms with Gasteiger partial charge in [0.1, 0.15) is 10.6 Å². The van der Waals surface area contributed by atoms with Crippen LogP contribution in [-0.2, 0) is 10.0 Å². The smallest absolute Gasteiger partial charge is 0.340 e. The molecule has 0 atom stereocenters. The molecule has 2 rings (SSSR count). The van der Waals surface area contributed by atoms with Crippen LogP contribution in [0.25, 0.3) is 0 Å². The average molecular weight is 326 g/mol. The summed E-state index contributed by atoms with van der Waals surface area (Å²) in [5, 5.41) is 9.15. The van der Waals surface area contributed by atoms with Crippen molar-refractivity contribution in [3.8, 4) is 0 Å². The van der Waals surface area contributed by atoms with E-state index in [1.807, 2.05) is 6.07 Å². The number of anilines is 1. The van der Waals surface area contributed by atoms with E-state index in [2.05, 4.69) is 9.10 Å². The van der Waals surface area contributed by atoms with Gasteiger partial charge in [-0.05, 0) is 49.5 Å². The number of nitrogens with zero attached hydrogens (tertiary/aromatic N) is 1. The standard InChI is InChI=1S/C13H14N2O4S2/c1-7-4-5-8(2)10(6-7)21(18,19)15-12-11(13(16)17)9(3)14-20-12/h4-6,15H,1-3H3,(H,16,17). The van der Waals surface area contributed by atoms with Crippen LogP contribution in [0.1, 0.15) is 27.2 Å². The fourth-order valence-electron chi connectivity index (χ4n) is 1.87. The van der Waals surface area contributed by atoms with Gasteiger partial charge in [0.2, 0.25) is 0 Å². The summed E-state index contributed by atoms with van der Waals surface area (Å²) in [6.07, 6.45) is 0. The van der Waals surface area contributed by atoms with E-state index in [-0.39, 0.29) is 21.2 Å². The summed E-state index contributed by atoms with van der Waals surface area (Å²) >= 11 is 0.815. The Morgan fingerprint density at radius 2 is 1.95 bits per heavy atom. The van der Waals surface area contributed by atoms with Gasteiger partial charge < -0.3 is 5.11 Å². The van der Waals surface area contributed by atoms with E-state index in [0.717, 1.165) is 17.1 Å². The summed E-state index contributed by atoms with van der Waals surface area (Å²) in [7, 11) is -3.85. The summed E-state index contributed by atoms with van der Waals surface area (Å²) in [4.78, 5) is 11.3. The molecule has 1 aromatic carbocycles. The molecule has 2 aromatic rings. The van der Waals surface area contributed by atoms with Crippen LogP contribution in [-0.4, -0.2) is 23.9 Å². The minimum Gasteiger partial charge on any atom is -0.478 e. The van der Waals surface area contributed by atoms with Crippen LogP contribution in [0.5, 0.6) is 0 Å². The number of benzene rings is 1. The monoisotopic (exact) mass is 326 g/mol. The second-order valence-corrected chi connectivity index (χ2v) is 7.08. The van der Waals surface area contributed by atoms with E-state index in [1.165, 1.54) is 6.92 Å². The highest BCUT2D eigenvalue weighted by molar-refractivity contribution is 7.93. The summed E-state index contributed by atoms with van der Waals surface area (Å²) in [5.74, 6) is -1.21. The van der Waals surface area contributed by atoms with Gasteiger partial charge in [0.15, 0.2) is 0 Å². The number of carboxylic acid groups (broad SMARTS) is 1. The van der Waals surface area contributed by atoms with Crippen LogP contribution in [0.4, 0.5) is 5.00 Å². The topological polar surface area (TPSA) is 96.4 Å². The van der Waals surface area contributed by atoms with Gasteiger partial charge in [0, 0.05) is 0 Å². The van der Waals surface area contributed by atoms with Gasteiger partial charge in [0.05, 0.1) is 10.6 Å². The maximum Gasteiger partial charge on any atom is 0.340 e. The lowest BCUT2D eigenvalue weighted by Crippen LogP contribution is -2.15. The molecule has 1 aromatic heterocycles. The van der Waals surface area contributed by atoms with E-state index in [9.17, 15) is 13.2 Å². The maximum atomic E-state index is 12.4. The summed E-state index contributed by atoms with van der Waals surface area (Å²) < 4.78 is 31.1. The molecule has 21 heavy (non-hydrogen) atoms. The molecular formula is C13H14N2O4S2. The van der Waals surface area contributed by atoms with E-state index in [4.69, 9.17) is 5.11 Å². The maximum absolute atomic E-state index is 12.4. The molecule has 0 saturated carbocycles. The summed E-state index contributed by atoms with van der Waals surface area (Å²) in [6.45, 7) is 5.00. The van der Waals surface area contributed by atoms with Crippen LogP contribution in [0, 0.1) is 20.8 Å². The molecule has 0 bridgehead atoms. The second-order valence-electron chi connectivity index (χ2n) is 4.65. The molecular weight excluding hydrogens is 312 g/mol. The molecule has 1 heterocycles. The highest BCUT2D eigenvalue weighted by Gasteiger charge is 2.24. The quantitative estimate of drug-likeness (QED) is 0.900. The number of hydrogen-bond donors (Lipinski definition) is 2. The first-order valence-electron chi connectivity index (χ1n) is 6.02. The lowest BCUT2D eigenvalue weighted by molar-refractivity contribution is 0.0697. The molecule has 0 amide bonds. The first-order valence-corrected chi connectivity index (χ1v) is 8.27. The SMILES string of the molecule is Cc1ccc(C)c(S(=O)(=O)Nc2snc(C)c2C(=O)O)c1. The molecule has 0 saturated heterocycles. The lowest BCUT2D eigenvalue weighted by atomic mass is 10.2. The third-order valence-electron chi connectivity index (χ3n) is 2.94. The molecule has 0 radical (unpaired) electrons. The molecule has 0 fully saturated rings. The Kier molecular flexibility index (Phi) is 4.02. The molecule has 0 unspecified atom stereocenters. The molecule has 0 aliphatic heterocycles. The van der Waals surface area contributed by atoms with Gasteiger partial charge in [-0.1, -0.05) is 12.1 Å². The zero-order valence-corrected chi connectivity index (χ0v) is 13.3. The third-order valence-corrected chi connectivity index (χ3v) is 5.41. The van der Waals surface area contributed by atoms with Gasteiger partial charge >= 0.3 is 5.97 Å². The Bertz CT molecular complexity index is 810. The van der Waals surface area contributed by atoms with Crippen molar-refractivity contribution < 1.29 is 18.3 Å². The molecule has 0 aliphatic carbocycles. The molecule has 8 heteroatoms. The number of nitrogens with one attached hydrogen (secondary N) is 1. The number of hydrogen-bond acceptors (Lipinski definition) is 5. The zero-order chi connectivity index (χ0) is 15.8. The van der Waals surface area contributed by atoms with Crippen molar-refractivity contribution in [3.63, 3.8) is 0 Å². The number of rotatable bonds is 4. The predicted octanol–water partition coefficient (Wildman–Crippen LogP) is 2.57. The Labute approximate surface area is 126 Å². The van der Waals surface area contributed by atoms with Crippen LogP contribution in [0.15, 0.2) is 23.1 Å². The van der Waals surface area contributed by atoms with Crippen LogP contribution >= 0.6 is 11.5 Å². The van der Waals surface area contributed by atoms with Crippen LogP contribution in [0.2, 0.25) is 0 Å². The second kappa shape index (κ2) is 5.45. The highest BCUT2D eigenvalue weighted by atomic mass is 32.2. The van der Waals surface area contributed by atoms with Crippen molar-refractivity contribution in [2.75, 3.05) is 4.72 Å². The van der Waals surface area contributed by atoms with Gasteiger partial charge in [0.25, 0.3) is 10.0 Å². The van der Waals surface area contributed by atoms with Gasteiger partial charge in [-0.15, -0.1) is 0 Å². The lowest BCUT2D eigenvalue weighted by Gasteiger charge is -2.10. The molecule has 112 valence electrons. The average Bonchev–Trinajstić information content (AvgIpc) is 2.72. The summed E-state index contributed by atoms with van der Waals surface area (Å²) in [5.41, 5.74) is 1.56. The number of carbonyl (C=O) groups is 1. The first kappa shape index (κ1) is 15.5. The van der Waals surface area contributed by atoms with E-state index < -0.39 is 16.0 Å². The normalized spacial score (nSPS) is 11.4. The Balaban J connectivity index is 2.48. The molecule has 0 aliphatic rings. The van der Waals surface area contributed by atoms with Gasteiger partial charge in [-0.25, -0.2) is 13.2 Å². The molecule has 2 N–H and O–H groups in total. The largest absolute Gasteiger partial charge is 0.478 e. The van der Waals surface area contributed by atoms with Crippen LogP contribution < -0.4 is 4.72 Å². The summed E-state index contributed by atoms with van der Waals surface area (Å²) in [6, 6.07) is 5.07. The zero-order valence-electron chi connectivity index (χ0n) is 11.7.